The van der Waals surface area contributed by atoms with Gasteiger partial charge in [0, 0.05) is 24.5 Å². The van der Waals surface area contributed by atoms with Gasteiger partial charge in [0.1, 0.15) is 0 Å². The molecule has 2 aromatic carbocycles. The molecule has 0 unspecified atom stereocenters. The van der Waals surface area contributed by atoms with Crippen LogP contribution in [-0.2, 0) is 13.0 Å². The first-order chi connectivity index (χ1) is 12.9. The Hall–Kier alpha value is -2.92. The van der Waals surface area contributed by atoms with Crippen LogP contribution in [0.4, 0.5) is 0 Å². The number of aliphatic hydroxyl groups is 1. The maximum absolute atomic E-state index is 12.3. The van der Waals surface area contributed by atoms with Crippen LogP contribution in [0.3, 0.4) is 0 Å². The molecule has 0 saturated carbocycles. The topological polar surface area (TPSA) is 67.2 Å². The van der Waals surface area contributed by atoms with Crippen LogP contribution < -0.4 is 5.32 Å². The second kappa shape index (κ2) is 8.18. The van der Waals surface area contributed by atoms with Crippen LogP contribution in [-0.4, -0.2) is 26.4 Å². The highest BCUT2D eigenvalue weighted by Gasteiger charge is 2.12. The fraction of sp³-hybridized carbons (Fsp3) is 0.273. The predicted octanol–water partition coefficient (Wildman–Crippen LogP) is 3.51. The minimum Gasteiger partial charge on any atom is -0.390 e. The van der Waals surface area contributed by atoms with Crippen molar-refractivity contribution in [3.8, 4) is 5.69 Å². The smallest absolute Gasteiger partial charge is 0.251 e. The molecule has 1 aromatic heterocycles. The lowest BCUT2D eigenvalue weighted by molar-refractivity contribution is 0.0713. The molecule has 0 aliphatic carbocycles. The molecular formula is C22H25N3O2. The van der Waals surface area contributed by atoms with Crippen LogP contribution >= 0.6 is 0 Å². The number of hydrogen-bond acceptors (Lipinski definition) is 3. The number of aromatic nitrogens is 2. The number of nitrogens with one attached hydrogen (secondary N) is 1. The van der Waals surface area contributed by atoms with Crippen molar-refractivity contribution in [3.63, 3.8) is 0 Å². The van der Waals surface area contributed by atoms with Crippen molar-refractivity contribution >= 4 is 5.91 Å². The number of amides is 1. The van der Waals surface area contributed by atoms with Crippen LogP contribution in [0.15, 0.2) is 67.0 Å². The van der Waals surface area contributed by atoms with Crippen molar-refractivity contribution in [1.29, 1.82) is 0 Å². The molecule has 140 valence electrons. The third kappa shape index (κ3) is 5.53. The van der Waals surface area contributed by atoms with Gasteiger partial charge in [-0.15, -0.1) is 0 Å². The van der Waals surface area contributed by atoms with Crippen LogP contribution in [0.5, 0.6) is 0 Å². The average Bonchev–Trinajstić information content (AvgIpc) is 3.19. The number of nitrogens with zero attached hydrogens (tertiary/aromatic N) is 2. The second-order valence-electron chi connectivity index (χ2n) is 7.31. The van der Waals surface area contributed by atoms with E-state index in [0.717, 1.165) is 23.2 Å². The van der Waals surface area contributed by atoms with Crippen LogP contribution in [0.2, 0.25) is 0 Å². The molecule has 27 heavy (non-hydrogen) atoms. The normalized spacial score (nSPS) is 11.4. The zero-order valence-electron chi connectivity index (χ0n) is 15.7. The van der Waals surface area contributed by atoms with E-state index in [0.29, 0.717) is 18.5 Å². The molecule has 0 bridgehead atoms. The molecule has 0 fully saturated rings. The van der Waals surface area contributed by atoms with E-state index < -0.39 is 5.60 Å². The Balaban J connectivity index is 1.53. The van der Waals surface area contributed by atoms with E-state index in [1.165, 1.54) is 0 Å². The standard InChI is InChI=1S/C22H25N3O2/c1-22(2,27)13-12-17-4-8-19(9-5-17)21(26)23-16-18-6-10-20(11-7-18)25-15-3-14-24-25/h3-11,14-15,27H,12-13,16H2,1-2H3,(H,23,26). The van der Waals surface area contributed by atoms with Gasteiger partial charge in [0.05, 0.1) is 11.3 Å². The summed E-state index contributed by atoms with van der Waals surface area (Å²) in [5.41, 5.74) is 3.08. The zero-order chi connectivity index (χ0) is 19.3. The quantitative estimate of drug-likeness (QED) is 0.675. The first kappa shape index (κ1) is 18.9. The number of aryl methyl sites for hydroxylation is 1. The summed E-state index contributed by atoms with van der Waals surface area (Å²) in [6.07, 6.45) is 5.10. The highest BCUT2D eigenvalue weighted by atomic mass is 16.3. The number of carbonyl (C=O) groups is 1. The Morgan fingerprint density at radius 1 is 1.07 bits per heavy atom. The van der Waals surface area contributed by atoms with Gasteiger partial charge in [0.2, 0.25) is 0 Å². The lowest BCUT2D eigenvalue weighted by atomic mass is 9.98. The molecule has 3 aromatic rings. The maximum Gasteiger partial charge on any atom is 0.251 e. The second-order valence-corrected chi connectivity index (χ2v) is 7.31. The fourth-order valence-electron chi connectivity index (χ4n) is 2.75. The molecule has 5 nitrogen and oxygen atoms in total. The first-order valence-corrected chi connectivity index (χ1v) is 9.09. The SMILES string of the molecule is CC(C)(O)CCc1ccc(C(=O)NCc2ccc(-n3cccn3)cc2)cc1. The van der Waals surface area contributed by atoms with Gasteiger partial charge in [0.15, 0.2) is 0 Å². The number of benzene rings is 2. The van der Waals surface area contributed by atoms with E-state index in [9.17, 15) is 9.90 Å². The summed E-state index contributed by atoms with van der Waals surface area (Å²) in [5, 5.41) is 16.9. The van der Waals surface area contributed by atoms with Crippen molar-refractivity contribution in [2.75, 3.05) is 0 Å². The first-order valence-electron chi connectivity index (χ1n) is 9.09. The van der Waals surface area contributed by atoms with Gasteiger partial charge in [-0.25, -0.2) is 4.68 Å². The molecule has 5 heteroatoms. The molecule has 2 N–H and O–H groups in total. The van der Waals surface area contributed by atoms with E-state index in [1.54, 1.807) is 24.7 Å². The van der Waals surface area contributed by atoms with Crippen molar-refractivity contribution < 1.29 is 9.90 Å². The Kier molecular flexibility index (Phi) is 5.72. The lowest BCUT2D eigenvalue weighted by Gasteiger charge is -2.16. The van der Waals surface area contributed by atoms with Crippen LogP contribution in [0.25, 0.3) is 5.69 Å². The van der Waals surface area contributed by atoms with Gasteiger partial charge in [-0.1, -0.05) is 24.3 Å². The van der Waals surface area contributed by atoms with Crippen molar-refractivity contribution in [2.24, 2.45) is 0 Å². The molecule has 3 rings (SSSR count). The van der Waals surface area contributed by atoms with E-state index >= 15 is 0 Å². The molecule has 0 spiro atoms. The van der Waals surface area contributed by atoms with Crippen molar-refractivity contribution in [1.82, 2.24) is 15.1 Å². The molecule has 0 aliphatic heterocycles. The molecule has 0 aliphatic rings. The Morgan fingerprint density at radius 3 is 2.33 bits per heavy atom. The summed E-state index contributed by atoms with van der Waals surface area (Å²) < 4.78 is 1.79. The summed E-state index contributed by atoms with van der Waals surface area (Å²) in [6.45, 7) is 4.07. The molecule has 0 radical (unpaired) electrons. The van der Waals surface area contributed by atoms with Crippen LogP contribution in [0.1, 0.15) is 41.8 Å². The van der Waals surface area contributed by atoms with Gasteiger partial charge in [0.25, 0.3) is 5.91 Å². The Bertz CT molecular complexity index is 861. The number of hydrogen-bond donors (Lipinski definition) is 2. The Morgan fingerprint density at radius 2 is 1.74 bits per heavy atom. The zero-order valence-corrected chi connectivity index (χ0v) is 15.7. The summed E-state index contributed by atoms with van der Waals surface area (Å²) in [5.74, 6) is -0.0970. The third-order valence-corrected chi connectivity index (χ3v) is 4.40. The molecular weight excluding hydrogens is 338 g/mol. The van der Waals surface area contributed by atoms with Gasteiger partial charge >= 0.3 is 0 Å². The minimum atomic E-state index is -0.678. The minimum absolute atomic E-state index is 0.0970. The summed E-state index contributed by atoms with van der Waals surface area (Å²) in [6, 6.07) is 17.3. The van der Waals surface area contributed by atoms with E-state index in [-0.39, 0.29) is 5.91 Å². The summed E-state index contributed by atoms with van der Waals surface area (Å²) in [4.78, 5) is 12.3. The predicted molar refractivity (Wildman–Crippen MR) is 106 cm³/mol. The Labute approximate surface area is 159 Å². The summed E-state index contributed by atoms with van der Waals surface area (Å²) in [7, 11) is 0. The maximum atomic E-state index is 12.3. The highest BCUT2D eigenvalue weighted by Crippen LogP contribution is 2.14. The van der Waals surface area contributed by atoms with Gasteiger partial charge in [-0.2, -0.15) is 5.10 Å². The molecule has 0 saturated heterocycles. The molecule has 0 atom stereocenters. The largest absolute Gasteiger partial charge is 0.390 e. The highest BCUT2D eigenvalue weighted by molar-refractivity contribution is 5.94. The number of rotatable bonds is 7. The van der Waals surface area contributed by atoms with E-state index in [4.69, 9.17) is 0 Å². The van der Waals surface area contributed by atoms with Gasteiger partial charge in [-0.3, -0.25) is 4.79 Å². The van der Waals surface area contributed by atoms with E-state index in [2.05, 4.69) is 10.4 Å². The number of carbonyl (C=O) groups excluding carboxylic acids is 1. The third-order valence-electron chi connectivity index (χ3n) is 4.40. The average molecular weight is 363 g/mol. The van der Waals surface area contributed by atoms with Crippen molar-refractivity contribution in [2.45, 2.75) is 38.8 Å². The lowest BCUT2D eigenvalue weighted by Crippen LogP contribution is -2.22. The summed E-state index contributed by atoms with van der Waals surface area (Å²) >= 11 is 0. The van der Waals surface area contributed by atoms with Gasteiger partial charge in [-0.05, 0) is 68.1 Å². The van der Waals surface area contributed by atoms with E-state index in [1.807, 2.05) is 60.8 Å². The van der Waals surface area contributed by atoms with Crippen LogP contribution in [0, 0.1) is 0 Å². The fourth-order valence-corrected chi connectivity index (χ4v) is 2.75. The monoisotopic (exact) mass is 363 g/mol. The van der Waals surface area contributed by atoms with Crippen molar-refractivity contribution in [3.05, 3.63) is 83.7 Å². The molecule has 1 amide bonds. The molecule has 1 heterocycles. The van der Waals surface area contributed by atoms with Gasteiger partial charge < -0.3 is 10.4 Å².